The van der Waals surface area contributed by atoms with Crippen molar-refractivity contribution in [2.24, 2.45) is 0 Å². The van der Waals surface area contributed by atoms with Crippen LogP contribution >= 0.6 is 11.8 Å². The Morgan fingerprint density at radius 3 is 2.67 bits per heavy atom. The summed E-state index contributed by atoms with van der Waals surface area (Å²) in [4.78, 5) is 19.0. The minimum absolute atomic E-state index is 0.221. The monoisotopic (exact) mass is 312 g/mol. The van der Waals surface area contributed by atoms with Crippen molar-refractivity contribution in [3.05, 3.63) is 46.5 Å². The molecular weight excluding hydrogens is 298 g/mol. The average molecular weight is 312 g/mol. The van der Waals surface area contributed by atoms with Crippen molar-refractivity contribution < 1.29 is 13.5 Å². The van der Waals surface area contributed by atoms with Gasteiger partial charge in [0.2, 0.25) is 0 Å². The maximum atomic E-state index is 12.3. The van der Waals surface area contributed by atoms with Gasteiger partial charge in [-0.3, -0.25) is 4.79 Å². The third-order valence-corrected chi connectivity index (χ3v) is 3.33. The molecule has 0 saturated carbocycles. The summed E-state index contributed by atoms with van der Waals surface area (Å²) in [5.74, 6) is -2.02. The van der Waals surface area contributed by atoms with E-state index in [2.05, 4.69) is 9.97 Å². The number of hydrogen-bond donors (Lipinski definition) is 1. The Morgan fingerprint density at radius 1 is 1.33 bits per heavy atom. The molecule has 0 aliphatic heterocycles. The smallest absolute Gasteiger partial charge is 0.288 e. The Balaban J connectivity index is 2.24. The second-order valence-electron chi connectivity index (χ2n) is 4.12. The van der Waals surface area contributed by atoms with Crippen LogP contribution in [0.1, 0.15) is 12.7 Å². The van der Waals surface area contributed by atoms with E-state index in [1.54, 1.807) is 24.3 Å². The van der Waals surface area contributed by atoms with Gasteiger partial charge >= 0.3 is 0 Å². The maximum absolute atomic E-state index is 12.3. The molecule has 7 heteroatoms. The van der Waals surface area contributed by atoms with Crippen LogP contribution in [0.15, 0.2) is 40.0 Å². The Labute approximate surface area is 124 Å². The van der Waals surface area contributed by atoms with Crippen LogP contribution in [-0.2, 0) is 11.3 Å². The number of ether oxygens (including phenoxy) is 1. The van der Waals surface area contributed by atoms with Gasteiger partial charge in [0.25, 0.3) is 11.3 Å². The lowest BCUT2D eigenvalue weighted by Gasteiger charge is -2.06. The third-order valence-electron chi connectivity index (χ3n) is 2.61. The number of aromatic amines is 1. The molecule has 21 heavy (non-hydrogen) atoms. The van der Waals surface area contributed by atoms with Gasteiger partial charge in [0.05, 0.1) is 5.69 Å². The van der Waals surface area contributed by atoms with Crippen LogP contribution in [0.2, 0.25) is 0 Å². The van der Waals surface area contributed by atoms with Crippen molar-refractivity contribution in [2.45, 2.75) is 24.2 Å². The molecule has 2 aromatic rings. The number of H-pyrrole nitrogens is 1. The molecule has 0 amide bonds. The summed E-state index contributed by atoms with van der Waals surface area (Å²) in [6.45, 7) is 2.59. The van der Waals surface area contributed by atoms with E-state index in [4.69, 9.17) is 4.74 Å². The molecule has 1 aromatic heterocycles. The zero-order chi connectivity index (χ0) is 15.2. The fourth-order valence-corrected chi connectivity index (χ4v) is 2.23. The van der Waals surface area contributed by atoms with Gasteiger partial charge in [0.1, 0.15) is 12.4 Å². The molecule has 0 spiro atoms. The fraction of sp³-hybridized carbons (Fsp3) is 0.286. The van der Waals surface area contributed by atoms with Crippen molar-refractivity contribution in [3.63, 3.8) is 0 Å². The Morgan fingerprint density at radius 2 is 2.05 bits per heavy atom. The van der Waals surface area contributed by atoms with Gasteiger partial charge in [-0.2, -0.15) is 8.78 Å². The van der Waals surface area contributed by atoms with Crippen LogP contribution < -0.4 is 5.56 Å². The van der Waals surface area contributed by atoms with E-state index in [0.717, 1.165) is 0 Å². The number of alkyl halides is 2. The molecule has 0 fully saturated rings. The molecule has 4 nitrogen and oxygen atoms in total. The average Bonchev–Trinajstić information content (AvgIpc) is 2.44. The summed E-state index contributed by atoms with van der Waals surface area (Å²) in [6, 6.07) is 7.85. The SMILES string of the molecule is CCOCc1nc(-c2ccc(SC(F)F)cc2)cc(=O)[nH]1. The summed E-state index contributed by atoms with van der Waals surface area (Å²) in [5.41, 5.74) is 0.903. The highest BCUT2D eigenvalue weighted by molar-refractivity contribution is 7.99. The summed E-state index contributed by atoms with van der Waals surface area (Å²) in [5, 5.41) is 0. The van der Waals surface area contributed by atoms with Crippen molar-refractivity contribution in [1.29, 1.82) is 0 Å². The lowest BCUT2D eigenvalue weighted by atomic mass is 10.1. The molecule has 0 radical (unpaired) electrons. The summed E-state index contributed by atoms with van der Waals surface area (Å²) in [7, 11) is 0. The predicted octanol–water partition coefficient (Wildman–Crippen LogP) is 3.29. The van der Waals surface area contributed by atoms with Gasteiger partial charge in [-0.25, -0.2) is 4.98 Å². The highest BCUT2D eigenvalue weighted by atomic mass is 32.2. The van der Waals surface area contributed by atoms with Crippen LogP contribution in [0.25, 0.3) is 11.3 Å². The largest absolute Gasteiger partial charge is 0.374 e. The molecule has 0 unspecified atom stereocenters. The van der Waals surface area contributed by atoms with Gasteiger partial charge in [0, 0.05) is 23.1 Å². The number of nitrogens with one attached hydrogen (secondary N) is 1. The Bertz CT molecular complexity index is 644. The molecule has 1 N–H and O–H groups in total. The number of thioether (sulfide) groups is 1. The van der Waals surface area contributed by atoms with E-state index in [1.807, 2.05) is 6.92 Å². The second-order valence-corrected chi connectivity index (χ2v) is 5.18. The topological polar surface area (TPSA) is 55.0 Å². The maximum Gasteiger partial charge on any atom is 0.288 e. The first-order chi connectivity index (χ1) is 10.1. The van der Waals surface area contributed by atoms with Crippen LogP contribution in [0.4, 0.5) is 8.78 Å². The highest BCUT2D eigenvalue weighted by Crippen LogP contribution is 2.27. The number of hydrogen-bond acceptors (Lipinski definition) is 4. The number of aromatic nitrogens is 2. The lowest BCUT2D eigenvalue weighted by Crippen LogP contribution is -2.12. The highest BCUT2D eigenvalue weighted by Gasteiger charge is 2.07. The predicted molar refractivity (Wildman–Crippen MR) is 77.5 cm³/mol. The summed E-state index contributed by atoms with van der Waals surface area (Å²) in [6.07, 6.45) is 0. The number of nitrogens with zero attached hydrogens (tertiary/aromatic N) is 1. The molecule has 0 aliphatic rings. The standard InChI is InChI=1S/C14H14F2N2O2S/c1-2-20-8-12-17-11(7-13(19)18-12)9-3-5-10(6-4-9)21-14(15)16/h3-7,14H,2,8H2,1H3,(H,17,18,19). The normalized spacial score (nSPS) is 11.0. The van der Waals surface area contributed by atoms with E-state index >= 15 is 0 Å². The fourth-order valence-electron chi connectivity index (χ4n) is 1.73. The van der Waals surface area contributed by atoms with Gasteiger partial charge in [-0.15, -0.1) is 0 Å². The minimum atomic E-state index is -2.45. The van der Waals surface area contributed by atoms with Crippen LogP contribution in [0.5, 0.6) is 0 Å². The van der Waals surface area contributed by atoms with Crippen molar-refractivity contribution in [1.82, 2.24) is 9.97 Å². The Hall–Kier alpha value is -1.73. The molecular formula is C14H14F2N2O2S. The molecule has 0 saturated heterocycles. The van der Waals surface area contributed by atoms with Gasteiger partial charge in [-0.05, 0) is 19.1 Å². The quantitative estimate of drug-likeness (QED) is 0.832. The van der Waals surface area contributed by atoms with E-state index in [9.17, 15) is 13.6 Å². The van der Waals surface area contributed by atoms with Crippen molar-refractivity contribution >= 4 is 11.8 Å². The van der Waals surface area contributed by atoms with Crippen LogP contribution in [-0.4, -0.2) is 22.3 Å². The lowest BCUT2D eigenvalue weighted by molar-refractivity contribution is 0.128. The van der Waals surface area contributed by atoms with Crippen molar-refractivity contribution in [2.75, 3.05) is 6.61 Å². The molecule has 112 valence electrons. The first-order valence-electron chi connectivity index (χ1n) is 6.31. The zero-order valence-corrected chi connectivity index (χ0v) is 12.1. The minimum Gasteiger partial charge on any atom is -0.374 e. The number of benzene rings is 1. The molecule has 2 rings (SSSR count). The van der Waals surface area contributed by atoms with E-state index < -0.39 is 5.76 Å². The van der Waals surface area contributed by atoms with E-state index in [0.29, 0.717) is 40.3 Å². The summed E-state index contributed by atoms with van der Waals surface area (Å²) >= 11 is 0.478. The van der Waals surface area contributed by atoms with Crippen molar-refractivity contribution in [3.8, 4) is 11.3 Å². The zero-order valence-electron chi connectivity index (χ0n) is 11.3. The molecule has 0 aliphatic carbocycles. The molecule has 1 aromatic carbocycles. The van der Waals surface area contributed by atoms with E-state index in [1.165, 1.54) is 6.07 Å². The second kappa shape index (κ2) is 7.33. The Kier molecular flexibility index (Phi) is 5.46. The summed E-state index contributed by atoms with van der Waals surface area (Å²) < 4.78 is 29.7. The van der Waals surface area contributed by atoms with Gasteiger partial charge in [0.15, 0.2) is 0 Å². The first-order valence-corrected chi connectivity index (χ1v) is 7.19. The first kappa shape index (κ1) is 15.7. The molecule has 0 bridgehead atoms. The van der Waals surface area contributed by atoms with Crippen LogP contribution in [0.3, 0.4) is 0 Å². The molecule has 0 atom stereocenters. The van der Waals surface area contributed by atoms with Gasteiger partial charge < -0.3 is 9.72 Å². The number of rotatable bonds is 6. The van der Waals surface area contributed by atoms with Crippen LogP contribution in [0, 0.1) is 0 Å². The molecule has 1 heterocycles. The van der Waals surface area contributed by atoms with Gasteiger partial charge in [-0.1, -0.05) is 23.9 Å². The van der Waals surface area contributed by atoms with E-state index in [-0.39, 0.29) is 12.2 Å². The number of halogens is 2. The third kappa shape index (κ3) is 4.64.